The molecule has 0 radical (unpaired) electrons. The number of fused-ring (bicyclic) bond motifs is 1. The first-order valence-electron chi connectivity index (χ1n) is 6.71. The minimum absolute atomic E-state index is 0.312. The van der Waals surface area contributed by atoms with E-state index < -0.39 is 11.5 Å². The molecule has 1 heterocycles. The number of carbonyl (C=O) groups excluding carboxylic acids is 1. The van der Waals surface area contributed by atoms with Gasteiger partial charge < -0.3 is 15.0 Å². The molecule has 5 nitrogen and oxygen atoms in total. The van der Waals surface area contributed by atoms with Crippen molar-refractivity contribution in [3.05, 3.63) is 36.0 Å². The van der Waals surface area contributed by atoms with Crippen molar-refractivity contribution in [1.29, 1.82) is 0 Å². The fourth-order valence-corrected chi connectivity index (χ4v) is 2.49. The molecule has 0 atom stereocenters. The van der Waals surface area contributed by atoms with Crippen LogP contribution in [0.2, 0.25) is 0 Å². The van der Waals surface area contributed by atoms with Gasteiger partial charge in [-0.25, -0.2) is 4.79 Å². The minimum Gasteiger partial charge on any atom is -0.480 e. The van der Waals surface area contributed by atoms with E-state index in [4.69, 9.17) is 5.11 Å². The van der Waals surface area contributed by atoms with E-state index in [1.54, 1.807) is 6.20 Å². The number of para-hydroxylation sites is 1. The summed E-state index contributed by atoms with van der Waals surface area (Å²) in [6.07, 6.45) is 2.79. The van der Waals surface area contributed by atoms with E-state index in [-0.39, 0.29) is 5.91 Å². The van der Waals surface area contributed by atoms with E-state index in [1.807, 2.05) is 35.8 Å². The van der Waals surface area contributed by atoms with Crippen LogP contribution >= 0.6 is 0 Å². The largest absolute Gasteiger partial charge is 0.480 e. The topological polar surface area (TPSA) is 71.3 Å². The molecular formula is C15H16N2O3. The van der Waals surface area contributed by atoms with Gasteiger partial charge in [-0.05, 0) is 25.8 Å². The van der Waals surface area contributed by atoms with Gasteiger partial charge in [0.15, 0.2) is 0 Å². The Morgan fingerprint density at radius 2 is 2.05 bits per heavy atom. The zero-order valence-corrected chi connectivity index (χ0v) is 11.2. The number of carboxylic acids is 1. The second-order valence-corrected chi connectivity index (χ2v) is 5.19. The Bertz CT molecular complexity index is 698. The van der Waals surface area contributed by atoms with Crippen molar-refractivity contribution in [2.24, 2.45) is 0 Å². The fraction of sp³-hybridized carbons (Fsp3) is 0.333. The van der Waals surface area contributed by atoms with Crippen LogP contribution in [0.4, 0.5) is 0 Å². The molecule has 104 valence electrons. The average molecular weight is 272 g/mol. The summed E-state index contributed by atoms with van der Waals surface area (Å²) in [6, 6.07) is 7.65. The highest BCUT2D eigenvalue weighted by atomic mass is 16.4. The van der Waals surface area contributed by atoms with Crippen LogP contribution in [0.15, 0.2) is 30.5 Å². The number of aliphatic carboxylic acids is 1. The molecule has 1 aliphatic carbocycles. The predicted octanol–water partition coefficient (Wildman–Crippen LogP) is 2.01. The van der Waals surface area contributed by atoms with Crippen molar-refractivity contribution < 1.29 is 14.7 Å². The summed E-state index contributed by atoms with van der Waals surface area (Å²) < 4.78 is 1.99. The Hall–Kier alpha value is -2.30. The quantitative estimate of drug-likeness (QED) is 0.894. The first-order chi connectivity index (χ1) is 9.57. The molecule has 0 aliphatic heterocycles. The first kappa shape index (κ1) is 12.7. The molecule has 3 rings (SSSR count). The monoisotopic (exact) mass is 272 g/mol. The maximum Gasteiger partial charge on any atom is 0.329 e. The molecule has 0 bridgehead atoms. The highest BCUT2D eigenvalue weighted by Crippen LogP contribution is 2.36. The van der Waals surface area contributed by atoms with Crippen molar-refractivity contribution in [2.75, 3.05) is 0 Å². The van der Waals surface area contributed by atoms with Crippen molar-refractivity contribution >= 4 is 22.8 Å². The summed E-state index contributed by atoms with van der Waals surface area (Å²) in [5.74, 6) is -1.27. The Kier molecular flexibility index (Phi) is 2.78. The molecule has 1 saturated carbocycles. The van der Waals surface area contributed by atoms with Crippen molar-refractivity contribution in [3.63, 3.8) is 0 Å². The summed E-state index contributed by atoms with van der Waals surface area (Å²) in [4.78, 5) is 23.5. The zero-order valence-electron chi connectivity index (χ0n) is 11.2. The summed E-state index contributed by atoms with van der Waals surface area (Å²) in [5.41, 5.74) is 0.474. The molecule has 1 amide bonds. The van der Waals surface area contributed by atoms with Crippen LogP contribution < -0.4 is 5.32 Å². The number of nitrogens with one attached hydrogen (secondary N) is 1. The molecule has 5 heteroatoms. The second kappa shape index (κ2) is 4.37. The van der Waals surface area contributed by atoms with Gasteiger partial charge in [0, 0.05) is 23.6 Å². The van der Waals surface area contributed by atoms with E-state index in [0.717, 1.165) is 17.4 Å². The van der Waals surface area contributed by atoms with Crippen molar-refractivity contribution in [3.8, 4) is 0 Å². The third kappa shape index (κ3) is 1.86. The number of amides is 1. The second-order valence-electron chi connectivity index (χ2n) is 5.19. The molecule has 20 heavy (non-hydrogen) atoms. The van der Waals surface area contributed by atoms with Gasteiger partial charge in [0.05, 0.1) is 5.56 Å². The molecule has 0 spiro atoms. The van der Waals surface area contributed by atoms with Gasteiger partial charge >= 0.3 is 5.97 Å². The van der Waals surface area contributed by atoms with Crippen molar-refractivity contribution in [1.82, 2.24) is 9.88 Å². The molecule has 0 unspecified atom stereocenters. The van der Waals surface area contributed by atoms with Crippen LogP contribution in [0.25, 0.3) is 10.9 Å². The lowest BCUT2D eigenvalue weighted by atomic mass is 10.1. The molecule has 2 aromatic rings. The van der Waals surface area contributed by atoms with Gasteiger partial charge in [0.1, 0.15) is 5.54 Å². The van der Waals surface area contributed by atoms with E-state index in [0.29, 0.717) is 18.4 Å². The third-order valence-electron chi connectivity index (χ3n) is 3.89. The maximum absolute atomic E-state index is 12.4. The Labute approximate surface area is 116 Å². The number of aryl methyl sites for hydroxylation is 1. The van der Waals surface area contributed by atoms with Gasteiger partial charge in [-0.2, -0.15) is 0 Å². The average Bonchev–Trinajstić information content (AvgIpc) is 3.13. The van der Waals surface area contributed by atoms with E-state index in [1.165, 1.54) is 0 Å². The zero-order chi connectivity index (χ0) is 14.3. The van der Waals surface area contributed by atoms with E-state index >= 15 is 0 Å². The van der Waals surface area contributed by atoms with Gasteiger partial charge in [0.2, 0.25) is 0 Å². The van der Waals surface area contributed by atoms with E-state index in [9.17, 15) is 9.59 Å². The molecule has 2 N–H and O–H groups in total. The number of carbonyl (C=O) groups is 2. The lowest BCUT2D eigenvalue weighted by Crippen LogP contribution is -2.43. The number of aromatic nitrogens is 1. The molecular weight excluding hydrogens is 256 g/mol. The van der Waals surface area contributed by atoms with Crippen molar-refractivity contribution in [2.45, 2.75) is 31.8 Å². The normalized spacial score (nSPS) is 16.1. The Balaban J connectivity index is 1.98. The fourth-order valence-electron chi connectivity index (χ4n) is 2.49. The van der Waals surface area contributed by atoms with Gasteiger partial charge in [-0.3, -0.25) is 4.79 Å². The smallest absolute Gasteiger partial charge is 0.329 e. The van der Waals surface area contributed by atoms with Gasteiger partial charge in [-0.1, -0.05) is 18.2 Å². The standard InChI is InChI=1S/C15H16N2O3/c1-2-17-9-11(10-5-3-4-6-12(10)17)13(18)16-15(7-8-15)14(19)20/h3-6,9H,2,7-8H2,1H3,(H,16,18)(H,19,20). The summed E-state index contributed by atoms with van der Waals surface area (Å²) >= 11 is 0. The maximum atomic E-state index is 12.4. The Morgan fingerprint density at radius 1 is 1.35 bits per heavy atom. The number of hydrogen-bond donors (Lipinski definition) is 2. The lowest BCUT2D eigenvalue weighted by Gasteiger charge is -2.11. The number of nitrogens with zero attached hydrogens (tertiary/aromatic N) is 1. The molecule has 0 saturated heterocycles. The molecule has 1 aromatic heterocycles. The summed E-state index contributed by atoms with van der Waals surface area (Å²) in [5, 5.41) is 12.7. The van der Waals surface area contributed by atoms with Gasteiger partial charge in [-0.15, -0.1) is 0 Å². The molecule has 1 aromatic carbocycles. The number of benzene rings is 1. The van der Waals surface area contributed by atoms with Crippen LogP contribution in [0, 0.1) is 0 Å². The summed E-state index contributed by atoms with van der Waals surface area (Å²) in [6.45, 7) is 2.77. The highest BCUT2D eigenvalue weighted by Gasteiger charge is 2.51. The minimum atomic E-state index is -1.05. The molecule has 1 fully saturated rings. The summed E-state index contributed by atoms with van der Waals surface area (Å²) in [7, 11) is 0. The number of rotatable bonds is 4. The number of hydrogen-bond acceptors (Lipinski definition) is 2. The Morgan fingerprint density at radius 3 is 2.65 bits per heavy atom. The van der Waals surface area contributed by atoms with Gasteiger partial charge in [0.25, 0.3) is 5.91 Å². The highest BCUT2D eigenvalue weighted by molar-refractivity contribution is 6.08. The first-order valence-corrected chi connectivity index (χ1v) is 6.71. The lowest BCUT2D eigenvalue weighted by molar-refractivity contribution is -0.140. The van der Waals surface area contributed by atoms with Crippen LogP contribution in [-0.4, -0.2) is 27.1 Å². The van der Waals surface area contributed by atoms with Crippen LogP contribution in [0.1, 0.15) is 30.1 Å². The third-order valence-corrected chi connectivity index (χ3v) is 3.89. The van der Waals surface area contributed by atoms with Crippen LogP contribution in [-0.2, 0) is 11.3 Å². The molecule has 1 aliphatic rings. The predicted molar refractivity (Wildman–Crippen MR) is 74.7 cm³/mol. The van der Waals surface area contributed by atoms with Crippen LogP contribution in [0.3, 0.4) is 0 Å². The van der Waals surface area contributed by atoms with E-state index in [2.05, 4.69) is 5.32 Å². The SMILES string of the molecule is CCn1cc(C(=O)NC2(C(=O)O)CC2)c2ccccc21. The number of carboxylic acid groups (broad SMARTS) is 1. The van der Waals surface area contributed by atoms with Crippen LogP contribution in [0.5, 0.6) is 0 Å².